The number of rotatable bonds is 3. The van der Waals surface area contributed by atoms with E-state index >= 15 is 0 Å². The molecule has 7 heteroatoms. The van der Waals surface area contributed by atoms with E-state index in [1.807, 2.05) is 17.0 Å². The number of anilines is 1. The number of nitrogens with zero attached hydrogens (tertiary/aromatic N) is 3. The van der Waals surface area contributed by atoms with Crippen molar-refractivity contribution in [3.05, 3.63) is 17.8 Å². The number of aromatic amines is 1. The number of nitrogens with two attached hydrogens (primary N) is 1. The maximum absolute atomic E-state index is 12.8. The van der Waals surface area contributed by atoms with Crippen LogP contribution in [0.1, 0.15) is 63.0 Å². The average Bonchev–Trinajstić information content (AvgIpc) is 3.02. The fourth-order valence-electron chi connectivity index (χ4n) is 4.38. The van der Waals surface area contributed by atoms with Crippen LogP contribution in [-0.4, -0.2) is 49.8 Å². The van der Waals surface area contributed by atoms with E-state index < -0.39 is 5.60 Å². The predicted molar refractivity (Wildman–Crippen MR) is 99.5 cm³/mol. The molecule has 1 aliphatic heterocycles. The predicted octanol–water partition coefficient (Wildman–Crippen LogP) is 2.33. The van der Waals surface area contributed by atoms with Gasteiger partial charge >= 0.3 is 0 Å². The number of nitrogens with one attached hydrogen (secondary N) is 1. The molecule has 1 saturated carbocycles. The highest BCUT2D eigenvalue weighted by Crippen LogP contribution is 2.33. The molecule has 1 amide bonds. The minimum Gasteiger partial charge on any atom is -0.389 e. The lowest BCUT2D eigenvalue weighted by molar-refractivity contribution is -0.139. The molecule has 26 heavy (non-hydrogen) atoms. The van der Waals surface area contributed by atoms with E-state index in [0.29, 0.717) is 18.0 Å². The van der Waals surface area contributed by atoms with E-state index in [2.05, 4.69) is 15.2 Å². The Hall–Kier alpha value is -2.15. The van der Waals surface area contributed by atoms with Gasteiger partial charge in [0.1, 0.15) is 5.82 Å². The molecule has 3 heterocycles. The van der Waals surface area contributed by atoms with Crippen molar-refractivity contribution in [2.24, 2.45) is 0 Å². The molecule has 1 atom stereocenters. The zero-order chi connectivity index (χ0) is 18.1. The lowest BCUT2D eigenvalue weighted by atomic mass is 9.82. The maximum Gasteiger partial charge on any atom is 0.225 e. The Kier molecular flexibility index (Phi) is 4.56. The third kappa shape index (κ3) is 3.40. The van der Waals surface area contributed by atoms with Gasteiger partial charge < -0.3 is 15.7 Å². The molecule has 2 aromatic heterocycles. The Labute approximate surface area is 153 Å². The summed E-state index contributed by atoms with van der Waals surface area (Å²) in [4.78, 5) is 19.3. The van der Waals surface area contributed by atoms with Crippen molar-refractivity contribution in [1.29, 1.82) is 0 Å². The first kappa shape index (κ1) is 17.3. The van der Waals surface area contributed by atoms with Gasteiger partial charge in [-0.1, -0.05) is 19.3 Å². The van der Waals surface area contributed by atoms with E-state index in [4.69, 9.17) is 5.73 Å². The first-order valence-corrected chi connectivity index (χ1v) is 9.65. The zero-order valence-electron chi connectivity index (χ0n) is 15.1. The van der Waals surface area contributed by atoms with E-state index in [9.17, 15) is 9.90 Å². The van der Waals surface area contributed by atoms with E-state index in [1.165, 1.54) is 0 Å². The van der Waals surface area contributed by atoms with Crippen LogP contribution < -0.4 is 5.73 Å². The lowest BCUT2D eigenvalue weighted by Crippen LogP contribution is -2.44. The van der Waals surface area contributed by atoms with Crippen LogP contribution >= 0.6 is 0 Å². The molecule has 0 unspecified atom stereocenters. The quantitative estimate of drug-likeness (QED) is 0.781. The molecule has 4 rings (SSSR count). The van der Waals surface area contributed by atoms with Gasteiger partial charge in [-0.15, -0.1) is 0 Å². The van der Waals surface area contributed by atoms with Crippen LogP contribution in [0.3, 0.4) is 0 Å². The summed E-state index contributed by atoms with van der Waals surface area (Å²) in [6.07, 6.45) is 6.90. The van der Waals surface area contributed by atoms with Crippen molar-refractivity contribution in [1.82, 2.24) is 20.1 Å². The molecule has 2 aliphatic rings. The molecule has 4 N–H and O–H groups in total. The van der Waals surface area contributed by atoms with Crippen molar-refractivity contribution in [2.75, 3.05) is 18.8 Å². The van der Waals surface area contributed by atoms with Crippen LogP contribution in [0.5, 0.6) is 0 Å². The topological polar surface area (TPSA) is 108 Å². The number of fused-ring (bicyclic) bond motifs is 1. The smallest absolute Gasteiger partial charge is 0.225 e. The van der Waals surface area contributed by atoms with Crippen molar-refractivity contribution >= 4 is 22.8 Å². The van der Waals surface area contributed by atoms with Gasteiger partial charge in [0, 0.05) is 24.7 Å². The number of H-pyrrole nitrogens is 1. The Morgan fingerprint density at radius 3 is 2.92 bits per heavy atom. The molecule has 0 radical (unpaired) electrons. The highest BCUT2D eigenvalue weighted by Gasteiger charge is 2.35. The summed E-state index contributed by atoms with van der Waals surface area (Å²) >= 11 is 0. The van der Waals surface area contributed by atoms with Crippen LogP contribution in [0.15, 0.2) is 12.1 Å². The third-order valence-electron chi connectivity index (χ3n) is 5.93. The molecule has 140 valence electrons. The highest BCUT2D eigenvalue weighted by molar-refractivity contribution is 5.85. The number of nitrogen functional groups attached to an aromatic ring is 1. The SMILES string of the molecule is Nc1[nH]nc2nc([C@@H]3CCCN(C(=O)CC4(O)CCCCC4)C3)ccc12. The first-order valence-electron chi connectivity index (χ1n) is 9.65. The van der Waals surface area contributed by atoms with Crippen LogP contribution in [0.4, 0.5) is 5.82 Å². The number of amides is 1. The van der Waals surface area contributed by atoms with E-state index in [1.54, 1.807) is 0 Å². The maximum atomic E-state index is 12.8. The fourth-order valence-corrected chi connectivity index (χ4v) is 4.38. The second-order valence-corrected chi connectivity index (χ2v) is 7.89. The summed E-state index contributed by atoms with van der Waals surface area (Å²) in [5.41, 5.74) is 6.61. The standard InChI is InChI=1S/C19H27N5O2/c20-17-14-6-7-15(21-18(14)23-22-17)13-5-4-10-24(12-13)16(25)11-19(26)8-2-1-3-9-19/h6-7,13,26H,1-5,8-12H2,(H3,20,21,22,23)/t13-/m1/s1. The van der Waals surface area contributed by atoms with Crippen LogP contribution in [-0.2, 0) is 4.79 Å². The minimum atomic E-state index is -0.800. The van der Waals surface area contributed by atoms with Crippen LogP contribution in [0, 0.1) is 0 Å². The summed E-state index contributed by atoms with van der Waals surface area (Å²) in [5.74, 6) is 0.806. The minimum absolute atomic E-state index is 0.0733. The molecule has 0 aromatic carbocycles. The van der Waals surface area contributed by atoms with Gasteiger partial charge in [-0.2, -0.15) is 5.10 Å². The normalized spacial score (nSPS) is 23.3. The molecule has 1 saturated heterocycles. The molecule has 0 bridgehead atoms. The lowest BCUT2D eigenvalue weighted by Gasteiger charge is -2.37. The number of piperidine rings is 1. The second-order valence-electron chi connectivity index (χ2n) is 7.89. The number of carbonyl (C=O) groups is 1. The number of carbonyl (C=O) groups excluding carboxylic acids is 1. The third-order valence-corrected chi connectivity index (χ3v) is 5.93. The highest BCUT2D eigenvalue weighted by atomic mass is 16.3. The largest absolute Gasteiger partial charge is 0.389 e. The summed E-state index contributed by atoms with van der Waals surface area (Å²) in [6, 6.07) is 3.93. The molecule has 0 spiro atoms. The Balaban J connectivity index is 1.45. The molecule has 7 nitrogen and oxygen atoms in total. The number of pyridine rings is 1. The number of hydrogen-bond acceptors (Lipinski definition) is 5. The Morgan fingerprint density at radius 2 is 2.12 bits per heavy atom. The van der Waals surface area contributed by atoms with Gasteiger partial charge in [0.15, 0.2) is 5.65 Å². The summed E-state index contributed by atoms with van der Waals surface area (Å²) < 4.78 is 0. The van der Waals surface area contributed by atoms with Crippen molar-refractivity contribution in [2.45, 2.75) is 62.9 Å². The van der Waals surface area contributed by atoms with E-state index in [-0.39, 0.29) is 18.2 Å². The number of likely N-dealkylation sites (tertiary alicyclic amines) is 1. The Bertz CT molecular complexity index is 796. The Morgan fingerprint density at radius 1 is 1.31 bits per heavy atom. The van der Waals surface area contributed by atoms with Gasteiger partial charge in [0.05, 0.1) is 17.4 Å². The van der Waals surface area contributed by atoms with Gasteiger partial charge in [0.25, 0.3) is 0 Å². The number of hydrogen-bond donors (Lipinski definition) is 3. The van der Waals surface area contributed by atoms with Crippen LogP contribution in [0.25, 0.3) is 11.0 Å². The first-order chi connectivity index (χ1) is 12.5. The monoisotopic (exact) mass is 357 g/mol. The summed E-state index contributed by atoms with van der Waals surface area (Å²) in [7, 11) is 0. The zero-order valence-corrected chi connectivity index (χ0v) is 15.1. The van der Waals surface area contributed by atoms with Gasteiger partial charge in [-0.3, -0.25) is 9.89 Å². The van der Waals surface area contributed by atoms with Crippen molar-refractivity contribution in [3.8, 4) is 0 Å². The van der Waals surface area contributed by atoms with E-state index in [0.717, 1.165) is 62.6 Å². The molecule has 1 aliphatic carbocycles. The van der Waals surface area contributed by atoms with Crippen LogP contribution in [0.2, 0.25) is 0 Å². The van der Waals surface area contributed by atoms with Gasteiger partial charge in [0.2, 0.25) is 5.91 Å². The average molecular weight is 357 g/mol. The second kappa shape index (κ2) is 6.87. The molecular weight excluding hydrogens is 330 g/mol. The van der Waals surface area contributed by atoms with Crippen molar-refractivity contribution in [3.63, 3.8) is 0 Å². The number of aliphatic hydroxyl groups is 1. The fraction of sp³-hybridized carbons (Fsp3) is 0.632. The number of aromatic nitrogens is 3. The molecule has 2 fully saturated rings. The van der Waals surface area contributed by atoms with Gasteiger partial charge in [-0.05, 0) is 37.8 Å². The molecular formula is C19H27N5O2. The molecule has 2 aromatic rings. The van der Waals surface area contributed by atoms with Gasteiger partial charge in [-0.25, -0.2) is 4.98 Å². The van der Waals surface area contributed by atoms with Crippen molar-refractivity contribution < 1.29 is 9.90 Å². The summed E-state index contributed by atoms with van der Waals surface area (Å²) in [6.45, 7) is 1.43. The summed E-state index contributed by atoms with van der Waals surface area (Å²) in [5, 5.41) is 18.4.